The minimum Gasteiger partial charge on any atom is -0.835 e. The molecule has 7 rings (SSSR count). The summed E-state index contributed by atoms with van der Waals surface area (Å²) in [5.41, 5.74) is -30.3. The summed E-state index contributed by atoms with van der Waals surface area (Å²) in [6, 6.07) is 0. The molecule has 0 aliphatic carbocycles. The molecule has 0 amide bonds. The van der Waals surface area contributed by atoms with Gasteiger partial charge < -0.3 is 29.2 Å². The maximum Gasteiger partial charge on any atom is 2.00 e. The first-order valence-corrected chi connectivity index (χ1v) is 25.0. The van der Waals surface area contributed by atoms with E-state index in [1.165, 1.54) is 0 Å². The summed E-state index contributed by atoms with van der Waals surface area (Å²) in [7, 11) is 0. The van der Waals surface area contributed by atoms with E-state index in [2.05, 4.69) is 0 Å². The van der Waals surface area contributed by atoms with Crippen LogP contribution in [0.3, 0.4) is 0 Å². The number of nitrogens with zero attached hydrogens (tertiary/aromatic N) is 1. The zero-order valence-electron chi connectivity index (χ0n) is 45.8. The fourth-order valence-electron chi connectivity index (χ4n) is 10.1. The van der Waals surface area contributed by atoms with E-state index in [1.54, 1.807) is 0 Å². The van der Waals surface area contributed by atoms with Crippen LogP contribution in [0.2, 0.25) is 0 Å². The monoisotopic (exact) mass is 1500 g/mol. The number of benzene rings is 6. The Morgan fingerprint density at radius 3 is 0.542 bits per heavy atom. The first-order chi connectivity index (χ1) is 43.8. The molecular weight excluding hydrogens is 1480 g/mol. The van der Waals surface area contributed by atoms with Crippen molar-refractivity contribution in [3.63, 3.8) is 0 Å². The van der Waals surface area contributed by atoms with Crippen molar-refractivity contribution in [1.29, 1.82) is 0 Å². The van der Waals surface area contributed by atoms with Gasteiger partial charge in [-0.25, -0.2) is 132 Å². The number of quaternary nitrogens is 1. The molecule has 0 spiro atoms. The van der Waals surface area contributed by atoms with Gasteiger partial charge in [0.15, 0.2) is 105 Å². The molecule has 524 valence electrons. The van der Waals surface area contributed by atoms with Crippen molar-refractivity contribution in [2.45, 2.75) is 18.0 Å². The van der Waals surface area contributed by atoms with Gasteiger partial charge in [-0.3, -0.25) is 4.90 Å². The number of hydrogen-bond donors (Lipinski definition) is 1. The van der Waals surface area contributed by atoms with Crippen LogP contribution in [0.5, 0.6) is 0 Å². The molecular formula is C50H24B2F36N2O5Zn. The topological polar surface area (TPSA) is 79.8 Å². The summed E-state index contributed by atoms with van der Waals surface area (Å²) >= 11 is 0. The van der Waals surface area contributed by atoms with E-state index in [0.29, 0.717) is 13.2 Å². The molecule has 96 heavy (non-hydrogen) atoms. The maximum absolute atomic E-state index is 16.5. The van der Waals surface area contributed by atoms with Crippen LogP contribution in [0.1, 0.15) is 0 Å². The predicted molar refractivity (Wildman–Crippen MR) is 243 cm³/mol. The van der Waals surface area contributed by atoms with Crippen LogP contribution in [0.15, 0.2) is 0 Å². The standard InChI is InChI=1S/C36H2B2F30N.C14H22F6NO5.Zn/c39-7-1(8(40)20(52)31(63)19(7)51)37(2-9(41)21(53)32(64)22(54)10(2)42,3-11(43)23(55)33(65)24(56)12(3)44)69-38(4-13(45)25(57)34(66)26(58)14(4)46,5-15(47)27(59)35(67)28(60)16(5)48)6-17(49)29(61)36(68)30(62)18(6)50;15-13(16,17)12(22,14(18,19)20)11-21-1-3-23-5-7-25-9-10-26-8-6-24-4-2-21;/h69H2;1-11H2;/q2*-1;+2. The summed E-state index contributed by atoms with van der Waals surface area (Å²) in [5, 5.41) is 9.19. The summed E-state index contributed by atoms with van der Waals surface area (Å²) in [5.74, 6) is -122. The second-order valence-electron chi connectivity index (χ2n) is 19.5. The van der Waals surface area contributed by atoms with Gasteiger partial charge >= 0.3 is 31.8 Å². The van der Waals surface area contributed by atoms with Crippen LogP contribution in [0.25, 0.3) is 0 Å². The third-order valence-corrected chi connectivity index (χ3v) is 14.4. The zero-order chi connectivity index (χ0) is 72.2. The molecule has 7 nitrogen and oxygen atoms in total. The van der Waals surface area contributed by atoms with Crippen LogP contribution < -0.4 is 43.0 Å². The maximum atomic E-state index is 16.5. The SMILES string of the molecule is Fc1c(F)c(F)c([B-]([NH2+][B-](c2c(F)c(F)c(F)c(F)c2F)(c2c(F)c(F)c(F)c(F)c2F)c2c(F)c(F)c(F)c(F)c2F)(c2c(F)c(F)c(F)c(F)c2F)c2c(F)c(F)c(F)c(F)c2F)c(F)c1F.[O-]C(CN1CCOCCOCCOCCOCC1)(C(F)(F)F)C(F)(F)F.[Zn+2]. The van der Waals surface area contributed by atoms with Gasteiger partial charge in [0.1, 0.15) is 69.8 Å². The molecule has 46 heteroatoms. The fraction of sp³-hybridized carbons (Fsp3) is 0.280. The van der Waals surface area contributed by atoms with Gasteiger partial charge in [0, 0.05) is 19.6 Å². The molecule has 0 aromatic heterocycles. The summed E-state index contributed by atoms with van der Waals surface area (Å²) in [6.07, 6.45) is -28.4. The molecule has 1 aliphatic heterocycles. The van der Waals surface area contributed by atoms with E-state index in [0.717, 1.165) is 4.90 Å². The molecule has 6 aromatic rings. The molecule has 2 N–H and O–H groups in total. The molecule has 0 saturated carbocycles. The second-order valence-corrected chi connectivity index (χ2v) is 19.5. The Balaban J connectivity index is 0.000000519. The normalized spacial score (nSPS) is 14.7. The van der Waals surface area contributed by atoms with Crippen LogP contribution in [-0.4, -0.2) is 108 Å². The minimum absolute atomic E-state index is 0. The first kappa shape index (κ1) is 80.0. The molecule has 1 aliphatic rings. The van der Waals surface area contributed by atoms with Gasteiger partial charge in [0.05, 0.1) is 58.5 Å². The Bertz CT molecular complexity index is 3240. The molecule has 1 heterocycles. The Hall–Kier alpha value is -6.73. The Kier molecular flexibility index (Phi) is 24.8. The molecule has 1 saturated heterocycles. The summed E-state index contributed by atoms with van der Waals surface area (Å²) < 4.78 is 567. The average molecular weight is 1500 g/mol. The average Bonchev–Trinajstić information content (AvgIpc) is 0.677. The predicted octanol–water partition coefficient (Wildman–Crippen LogP) is 7.65. The van der Waals surface area contributed by atoms with Crippen molar-refractivity contribution >= 4 is 45.3 Å². The molecule has 0 atom stereocenters. The minimum atomic E-state index is -8.20. The quantitative estimate of drug-likeness (QED) is 0.0658. The Labute approximate surface area is 521 Å². The number of ether oxygens (including phenoxy) is 4. The van der Waals surface area contributed by atoms with E-state index < -0.39 is 249 Å². The summed E-state index contributed by atoms with van der Waals surface area (Å²) in [6.45, 7) is -1.34. The van der Waals surface area contributed by atoms with E-state index in [9.17, 15) is 57.8 Å². The second kappa shape index (κ2) is 29.8. The third kappa shape index (κ3) is 13.5. The van der Waals surface area contributed by atoms with Gasteiger partial charge in [-0.2, -0.15) is 26.3 Å². The first-order valence-electron chi connectivity index (χ1n) is 25.0. The fourth-order valence-corrected chi connectivity index (χ4v) is 10.1. The molecule has 0 radical (unpaired) electrons. The van der Waals surface area contributed by atoms with Crippen molar-refractivity contribution in [2.75, 3.05) is 72.5 Å². The Morgan fingerprint density at radius 1 is 0.260 bits per heavy atom. The molecule has 1 fully saturated rings. The number of hydrogen-bond acceptors (Lipinski definition) is 6. The number of rotatable bonds is 10. The van der Waals surface area contributed by atoms with Crippen molar-refractivity contribution < 1.29 is 207 Å². The van der Waals surface area contributed by atoms with E-state index >= 15 is 105 Å². The number of alkyl halides is 6. The number of halogens is 36. The summed E-state index contributed by atoms with van der Waals surface area (Å²) in [4.78, 5) is 0.745. The van der Waals surface area contributed by atoms with E-state index in [-0.39, 0.29) is 72.2 Å². The zero-order valence-corrected chi connectivity index (χ0v) is 48.8. The third-order valence-electron chi connectivity index (χ3n) is 14.4. The molecule has 0 unspecified atom stereocenters. The van der Waals surface area contributed by atoms with Gasteiger partial charge in [-0.1, -0.05) is 32.8 Å². The Morgan fingerprint density at radius 2 is 0.396 bits per heavy atom. The molecule has 6 aromatic carbocycles. The molecule has 0 bridgehead atoms. The van der Waals surface area contributed by atoms with Crippen molar-refractivity contribution in [1.82, 2.24) is 4.90 Å². The van der Waals surface area contributed by atoms with Crippen molar-refractivity contribution in [3.8, 4) is 0 Å². The van der Waals surface area contributed by atoms with Crippen molar-refractivity contribution in [3.05, 3.63) is 175 Å². The van der Waals surface area contributed by atoms with E-state index in [1.807, 2.05) is 0 Å². The van der Waals surface area contributed by atoms with Gasteiger partial charge in [-0.05, 0) is 0 Å². The van der Waals surface area contributed by atoms with E-state index in [4.69, 9.17) is 18.9 Å². The van der Waals surface area contributed by atoms with Gasteiger partial charge in [0.2, 0.25) is 0 Å². The van der Waals surface area contributed by atoms with Crippen LogP contribution in [0, 0.1) is 175 Å². The smallest absolute Gasteiger partial charge is 0.835 e. The largest absolute Gasteiger partial charge is 2.00 e. The van der Waals surface area contributed by atoms with Crippen LogP contribution >= 0.6 is 0 Å². The van der Waals surface area contributed by atoms with Crippen molar-refractivity contribution in [2.24, 2.45) is 0 Å². The van der Waals surface area contributed by atoms with Gasteiger partial charge in [-0.15, -0.1) is 0 Å². The van der Waals surface area contributed by atoms with Crippen LogP contribution in [0.4, 0.5) is 158 Å². The number of nitrogens with two attached hydrogens (primary N) is 1. The van der Waals surface area contributed by atoms with Crippen LogP contribution in [-0.2, 0) is 38.4 Å². The van der Waals surface area contributed by atoms with Gasteiger partial charge in [0.25, 0.3) is 12.6 Å².